The highest BCUT2D eigenvalue weighted by atomic mass is 79.9. The Labute approximate surface area is 118 Å². The molecule has 0 amide bonds. The normalized spacial score (nSPS) is 20.1. The fraction of sp³-hybridized carbons (Fsp3) is 0.538. The molecule has 1 unspecified atom stereocenters. The van der Waals surface area contributed by atoms with Gasteiger partial charge in [-0.2, -0.15) is 13.2 Å². The van der Waals surface area contributed by atoms with Gasteiger partial charge in [0.1, 0.15) is 0 Å². The van der Waals surface area contributed by atoms with Crippen molar-refractivity contribution in [2.45, 2.75) is 24.0 Å². The Kier molecular flexibility index (Phi) is 4.40. The van der Waals surface area contributed by atoms with Crippen molar-refractivity contribution in [2.24, 2.45) is 0 Å². The van der Waals surface area contributed by atoms with Gasteiger partial charge in [0.25, 0.3) is 0 Å². The fourth-order valence-electron chi connectivity index (χ4n) is 2.31. The second-order valence-corrected chi connectivity index (χ2v) is 5.14. The monoisotopic (exact) mass is 337 g/mol. The number of hydrogen-bond acceptors (Lipinski definition) is 2. The van der Waals surface area contributed by atoms with Crippen LogP contribution in [0.25, 0.3) is 0 Å². The van der Waals surface area contributed by atoms with Crippen molar-refractivity contribution in [3.63, 3.8) is 0 Å². The lowest BCUT2D eigenvalue weighted by Gasteiger charge is -2.23. The summed E-state index contributed by atoms with van der Waals surface area (Å²) in [4.78, 5) is 1.75. The van der Waals surface area contributed by atoms with Gasteiger partial charge in [0.2, 0.25) is 0 Å². The molecule has 0 bridgehead atoms. The standard InChI is InChI=1S/C13H15BrF3NO/c1-19-10-4-5-18(8-10)12-3-2-9(7-14)6-11(12)13(15,16)17/h2-3,6,10H,4-5,7-8H2,1H3. The Balaban J connectivity index is 2.34. The first-order chi connectivity index (χ1) is 8.95. The van der Waals surface area contributed by atoms with Gasteiger partial charge in [0, 0.05) is 31.2 Å². The van der Waals surface area contributed by atoms with Crippen LogP contribution in [-0.2, 0) is 16.2 Å². The molecule has 1 fully saturated rings. The van der Waals surface area contributed by atoms with E-state index in [1.54, 1.807) is 24.1 Å². The van der Waals surface area contributed by atoms with Crippen LogP contribution in [0.2, 0.25) is 0 Å². The summed E-state index contributed by atoms with van der Waals surface area (Å²) in [5.41, 5.74) is 0.302. The van der Waals surface area contributed by atoms with Crippen LogP contribution >= 0.6 is 15.9 Å². The molecule has 2 rings (SSSR count). The first-order valence-corrected chi connectivity index (χ1v) is 7.11. The van der Waals surface area contributed by atoms with Crippen LogP contribution in [0.3, 0.4) is 0 Å². The Bertz CT molecular complexity index is 450. The number of hydrogen-bond donors (Lipinski definition) is 0. The zero-order valence-electron chi connectivity index (χ0n) is 10.5. The Morgan fingerprint density at radius 3 is 2.68 bits per heavy atom. The van der Waals surface area contributed by atoms with Crippen molar-refractivity contribution in [3.8, 4) is 0 Å². The van der Waals surface area contributed by atoms with E-state index in [0.717, 1.165) is 6.42 Å². The molecule has 1 atom stereocenters. The van der Waals surface area contributed by atoms with Crippen LogP contribution in [0.15, 0.2) is 18.2 Å². The first-order valence-electron chi connectivity index (χ1n) is 5.99. The van der Waals surface area contributed by atoms with Gasteiger partial charge < -0.3 is 9.64 Å². The summed E-state index contributed by atoms with van der Waals surface area (Å²) in [5, 5.41) is 0.414. The molecule has 19 heavy (non-hydrogen) atoms. The molecule has 0 aromatic heterocycles. The first kappa shape index (κ1) is 14.7. The molecule has 1 aromatic rings. The molecule has 1 heterocycles. The molecule has 0 radical (unpaired) electrons. The predicted octanol–water partition coefficient (Wildman–Crippen LogP) is 3.83. The summed E-state index contributed by atoms with van der Waals surface area (Å²) >= 11 is 3.19. The van der Waals surface area contributed by atoms with Gasteiger partial charge in [-0.1, -0.05) is 22.0 Å². The number of methoxy groups -OCH3 is 1. The lowest BCUT2D eigenvalue weighted by Crippen LogP contribution is -2.25. The van der Waals surface area contributed by atoms with Gasteiger partial charge in [-0.15, -0.1) is 0 Å². The molecular weight excluding hydrogens is 323 g/mol. The summed E-state index contributed by atoms with van der Waals surface area (Å²) in [6, 6.07) is 4.49. The Hall–Kier alpha value is -0.750. The number of halogens is 4. The third-order valence-electron chi connectivity index (χ3n) is 3.34. The lowest BCUT2D eigenvalue weighted by molar-refractivity contribution is -0.137. The maximum Gasteiger partial charge on any atom is 0.418 e. The number of anilines is 1. The van der Waals surface area contributed by atoms with Gasteiger partial charge in [0.15, 0.2) is 0 Å². The second kappa shape index (κ2) is 5.71. The summed E-state index contributed by atoms with van der Waals surface area (Å²) in [7, 11) is 1.59. The number of nitrogens with zero attached hydrogens (tertiary/aromatic N) is 1. The third kappa shape index (κ3) is 3.23. The van der Waals surface area contributed by atoms with Gasteiger partial charge in [0.05, 0.1) is 11.7 Å². The van der Waals surface area contributed by atoms with E-state index in [1.165, 1.54) is 6.07 Å². The SMILES string of the molecule is COC1CCN(c2ccc(CBr)cc2C(F)(F)F)C1. The second-order valence-electron chi connectivity index (χ2n) is 4.58. The molecule has 6 heteroatoms. The minimum Gasteiger partial charge on any atom is -0.380 e. The molecule has 0 saturated carbocycles. The van der Waals surface area contributed by atoms with E-state index < -0.39 is 11.7 Å². The topological polar surface area (TPSA) is 12.5 Å². The molecular formula is C13H15BrF3NO. The number of alkyl halides is 4. The maximum atomic E-state index is 13.1. The van der Waals surface area contributed by atoms with Crippen LogP contribution < -0.4 is 4.90 Å². The molecule has 1 aliphatic heterocycles. The fourth-order valence-corrected chi connectivity index (χ4v) is 2.66. The van der Waals surface area contributed by atoms with Gasteiger partial charge in [-0.05, 0) is 24.1 Å². The van der Waals surface area contributed by atoms with Crippen molar-refractivity contribution < 1.29 is 17.9 Å². The molecule has 0 spiro atoms. The minimum atomic E-state index is -4.33. The van der Waals surface area contributed by atoms with Crippen molar-refractivity contribution in [1.82, 2.24) is 0 Å². The van der Waals surface area contributed by atoms with Crippen LogP contribution in [0.1, 0.15) is 17.5 Å². The lowest BCUT2D eigenvalue weighted by atomic mass is 10.1. The van der Waals surface area contributed by atoms with Gasteiger partial charge in [-0.25, -0.2) is 0 Å². The summed E-state index contributed by atoms with van der Waals surface area (Å²) in [5.74, 6) is 0. The minimum absolute atomic E-state index is 0.0111. The van der Waals surface area contributed by atoms with Gasteiger partial charge in [-0.3, -0.25) is 0 Å². The van der Waals surface area contributed by atoms with Crippen molar-refractivity contribution in [2.75, 3.05) is 25.1 Å². The highest BCUT2D eigenvalue weighted by Crippen LogP contribution is 2.38. The van der Waals surface area contributed by atoms with Crippen LogP contribution in [0.5, 0.6) is 0 Å². The number of benzene rings is 1. The summed E-state index contributed by atoms with van der Waals surface area (Å²) in [6.45, 7) is 1.10. The van der Waals surface area contributed by atoms with Gasteiger partial charge >= 0.3 is 6.18 Å². The number of rotatable bonds is 3. The van der Waals surface area contributed by atoms with E-state index in [4.69, 9.17) is 4.74 Å². The maximum absolute atomic E-state index is 13.1. The predicted molar refractivity (Wildman–Crippen MR) is 71.7 cm³/mol. The van der Waals surface area contributed by atoms with E-state index in [1.807, 2.05) is 0 Å². The summed E-state index contributed by atoms with van der Waals surface area (Å²) < 4.78 is 44.6. The molecule has 1 aliphatic rings. The van der Waals surface area contributed by atoms with Crippen molar-refractivity contribution in [1.29, 1.82) is 0 Å². The average molecular weight is 338 g/mol. The summed E-state index contributed by atoms with van der Waals surface area (Å²) in [6.07, 6.45) is -3.57. The van der Waals surface area contributed by atoms with Crippen molar-refractivity contribution >= 4 is 21.6 Å². The molecule has 2 nitrogen and oxygen atoms in total. The molecule has 106 valence electrons. The van der Waals surface area contributed by atoms with E-state index in [-0.39, 0.29) is 11.8 Å². The van der Waals surface area contributed by atoms with Crippen LogP contribution in [0, 0.1) is 0 Å². The quantitative estimate of drug-likeness (QED) is 0.777. The van der Waals surface area contributed by atoms with E-state index >= 15 is 0 Å². The van der Waals surface area contributed by atoms with Crippen molar-refractivity contribution in [3.05, 3.63) is 29.3 Å². The largest absolute Gasteiger partial charge is 0.418 e. The Morgan fingerprint density at radius 1 is 1.42 bits per heavy atom. The average Bonchev–Trinajstić information content (AvgIpc) is 2.85. The number of ether oxygens (including phenoxy) is 1. The Morgan fingerprint density at radius 2 is 2.16 bits per heavy atom. The smallest absolute Gasteiger partial charge is 0.380 e. The highest BCUT2D eigenvalue weighted by molar-refractivity contribution is 9.08. The highest BCUT2D eigenvalue weighted by Gasteiger charge is 2.36. The van der Waals surface area contributed by atoms with Crippen LogP contribution in [-0.4, -0.2) is 26.3 Å². The zero-order chi connectivity index (χ0) is 14.0. The van der Waals surface area contributed by atoms with E-state index in [9.17, 15) is 13.2 Å². The molecule has 1 saturated heterocycles. The van der Waals surface area contributed by atoms with E-state index in [0.29, 0.717) is 24.0 Å². The van der Waals surface area contributed by atoms with Crippen LogP contribution in [0.4, 0.5) is 18.9 Å². The van der Waals surface area contributed by atoms with E-state index in [2.05, 4.69) is 15.9 Å². The molecule has 0 N–H and O–H groups in total. The molecule has 0 aliphatic carbocycles. The third-order valence-corrected chi connectivity index (χ3v) is 3.99. The molecule has 1 aromatic carbocycles. The zero-order valence-corrected chi connectivity index (χ0v) is 12.1.